The molecule has 4 N–H and O–H groups in total. The molecule has 2 aliphatic heterocycles. The molecule has 206 valence electrons. The number of morpholine rings is 1. The molecule has 3 aliphatic rings. The molecule has 3 heterocycles. The molecular formula is C25H34N6O6S. The van der Waals surface area contributed by atoms with Gasteiger partial charge in [-0.05, 0) is 50.0 Å². The van der Waals surface area contributed by atoms with Gasteiger partial charge in [0, 0.05) is 51.0 Å². The summed E-state index contributed by atoms with van der Waals surface area (Å²) in [5.41, 5.74) is 2.18. The van der Waals surface area contributed by atoms with Gasteiger partial charge in [-0.15, -0.1) is 0 Å². The van der Waals surface area contributed by atoms with Crippen LogP contribution in [0.25, 0.3) is 11.0 Å². The molecule has 1 aromatic heterocycles. The van der Waals surface area contributed by atoms with Gasteiger partial charge in [-0.25, -0.2) is 9.78 Å². The van der Waals surface area contributed by atoms with E-state index in [0.29, 0.717) is 43.6 Å². The summed E-state index contributed by atoms with van der Waals surface area (Å²) in [6, 6.07) is 4.34. The number of aliphatic hydroxyl groups is 1. The van der Waals surface area contributed by atoms with Crippen LogP contribution >= 0.6 is 0 Å². The third-order valence-corrected chi connectivity index (χ3v) is 8.38. The van der Waals surface area contributed by atoms with Crippen molar-refractivity contribution in [3.8, 4) is 5.75 Å². The number of aliphatic hydroxyl groups excluding tert-OH is 1. The number of H-pyrrole nitrogens is 1. The van der Waals surface area contributed by atoms with E-state index in [1.54, 1.807) is 18.2 Å². The van der Waals surface area contributed by atoms with Crippen molar-refractivity contribution in [1.29, 1.82) is 0 Å². The third-order valence-electron chi connectivity index (χ3n) is 6.99. The third kappa shape index (κ3) is 6.65. The van der Waals surface area contributed by atoms with Crippen molar-refractivity contribution in [1.82, 2.24) is 25.1 Å². The summed E-state index contributed by atoms with van der Waals surface area (Å²) in [7, 11) is -3.97. The lowest BCUT2D eigenvalue weighted by molar-refractivity contribution is 0.0388. The molecule has 1 aliphatic carbocycles. The van der Waals surface area contributed by atoms with Crippen LogP contribution in [0.4, 0.5) is 10.7 Å². The van der Waals surface area contributed by atoms with Crippen molar-refractivity contribution in [2.75, 3.05) is 57.8 Å². The molecule has 12 nitrogen and oxygen atoms in total. The standard InChI is InChI=1S/C25H34N6O6S/c32-19-7-10-31(11-8-19)18-1-4-21(5-2-18)38(34,35)37-20-3-6-22-23(17-20)28-24(27-22)29-25(33)26-9-12-30-13-15-36-16-14-30/h1,3-4,6,17,19,32H,2,5,7-16H2,(H3,26,27,28,29,33). The van der Waals surface area contributed by atoms with E-state index in [9.17, 15) is 18.3 Å². The number of allylic oxidation sites excluding steroid dienone is 4. The van der Waals surface area contributed by atoms with Crippen LogP contribution in [0.3, 0.4) is 0 Å². The number of benzene rings is 1. The van der Waals surface area contributed by atoms with Gasteiger partial charge in [0.15, 0.2) is 0 Å². The lowest BCUT2D eigenvalue weighted by atomic mass is 10.0. The van der Waals surface area contributed by atoms with E-state index in [0.717, 1.165) is 51.3 Å². The van der Waals surface area contributed by atoms with Crippen LogP contribution in [0.1, 0.15) is 25.7 Å². The van der Waals surface area contributed by atoms with E-state index in [1.807, 2.05) is 6.08 Å². The number of amides is 2. The maximum Gasteiger partial charge on any atom is 0.335 e. The number of fused-ring (bicyclic) bond motifs is 1. The topological polar surface area (TPSA) is 149 Å². The highest BCUT2D eigenvalue weighted by Crippen LogP contribution is 2.29. The van der Waals surface area contributed by atoms with Gasteiger partial charge in [0.2, 0.25) is 5.95 Å². The normalized spacial score (nSPS) is 19.7. The largest absolute Gasteiger partial charge is 0.393 e. The van der Waals surface area contributed by atoms with Crippen LogP contribution in [-0.4, -0.2) is 97.9 Å². The number of aromatic nitrogens is 2. The van der Waals surface area contributed by atoms with Crippen LogP contribution < -0.4 is 14.8 Å². The monoisotopic (exact) mass is 546 g/mol. The van der Waals surface area contributed by atoms with Crippen molar-refractivity contribution in [3.63, 3.8) is 0 Å². The fourth-order valence-corrected chi connectivity index (χ4v) is 5.87. The van der Waals surface area contributed by atoms with Crippen LogP contribution in [0.5, 0.6) is 5.75 Å². The second kappa shape index (κ2) is 11.7. The lowest BCUT2D eigenvalue weighted by Gasteiger charge is -2.34. The van der Waals surface area contributed by atoms with Gasteiger partial charge in [0.25, 0.3) is 0 Å². The molecular weight excluding hydrogens is 512 g/mol. The molecule has 5 rings (SSSR count). The van der Waals surface area contributed by atoms with Crippen molar-refractivity contribution < 1.29 is 27.2 Å². The van der Waals surface area contributed by atoms with Gasteiger partial charge in [0.05, 0.1) is 35.3 Å². The number of carbonyl (C=O) groups is 1. The average molecular weight is 547 g/mol. The molecule has 2 aromatic rings. The summed E-state index contributed by atoms with van der Waals surface area (Å²) in [4.78, 5) is 24.2. The number of nitrogens with zero attached hydrogens (tertiary/aromatic N) is 3. The van der Waals surface area contributed by atoms with Crippen molar-refractivity contribution in [2.45, 2.75) is 31.8 Å². The molecule has 1 aromatic carbocycles. The zero-order valence-electron chi connectivity index (χ0n) is 21.2. The van der Waals surface area contributed by atoms with E-state index >= 15 is 0 Å². The minimum absolute atomic E-state index is 0.156. The van der Waals surface area contributed by atoms with Gasteiger partial charge >= 0.3 is 16.1 Å². The Bertz CT molecular complexity index is 1310. The summed E-state index contributed by atoms with van der Waals surface area (Å²) in [6.07, 6.45) is 5.59. The van der Waals surface area contributed by atoms with E-state index < -0.39 is 10.1 Å². The second-order valence-corrected chi connectivity index (χ2v) is 11.2. The van der Waals surface area contributed by atoms with E-state index in [4.69, 9.17) is 8.92 Å². The zero-order valence-corrected chi connectivity index (χ0v) is 22.0. The Morgan fingerprint density at radius 3 is 2.68 bits per heavy atom. The number of carbonyl (C=O) groups excluding carboxylic acids is 1. The fraction of sp³-hybridized carbons (Fsp3) is 0.520. The van der Waals surface area contributed by atoms with Gasteiger partial charge in [0.1, 0.15) is 5.75 Å². The molecule has 0 saturated carbocycles. The summed E-state index contributed by atoms with van der Waals surface area (Å²) in [5, 5.41) is 15.2. The Hall–Kier alpha value is -3.13. The summed E-state index contributed by atoms with van der Waals surface area (Å²) in [6.45, 7) is 5.90. The number of hydrogen-bond acceptors (Lipinski definition) is 9. The number of aromatic amines is 1. The SMILES string of the molecule is O=C(NCCN1CCOCC1)Nc1nc2ccc(OS(=O)(=O)C3=CC=C(N4CCC(O)CC4)CC3)cc2[nH]1. The van der Waals surface area contributed by atoms with Crippen LogP contribution in [-0.2, 0) is 14.9 Å². The van der Waals surface area contributed by atoms with E-state index in [1.165, 1.54) is 6.07 Å². The smallest absolute Gasteiger partial charge is 0.335 e. The first kappa shape index (κ1) is 26.5. The first-order chi connectivity index (χ1) is 18.4. The minimum atomic E-state index is -3.97. The number of imidazole rings is 1. The molecule has 2 amide bonds. The molecule has 0 bridgehead atoms. The highest BCUT2D eigenvalue weighted by Gasteiger charge is 2.25. The second-order valence-electron chi connectivity index (χ2n) is 9.65. The van der Waals surface area contributed by atoms with Gasteiger partial charge in [-0.2, -0.15) is 8.42 Å². The maximum absolute atomic E-state index is 12.9. The number of nitrogens with one attached hydrogen (secondary N) is 3. The molecule has 0 spiro atoms. The van der Waals surface area contributed by atoms with Crippen LogP contribution in [0.15, 0.2) is 41.0 Å². The predicted molar refractivity (Wildman–Crippen MR) is 142 cm³/mol. The molecule has 2 saturated heterocycles. The Morgan fingerprint density at radius 1 is 1.16 bits per heavy atom. The van der Waals surface area contributed by atoms with E-state index in [2.05, 4.69) is 30.4 Å². The Morgan fingerprint density at radius 2 is 1.95 bits per heavy atom. The Balaban J connectivity index is 1.16. The molecule has 38 heavy (non-hydrogen) atoms. The summed E-state index contributed by atoms with van der Waals surface area (Å²) < 4.78 is 36.6. The zero-order chi connectivity index (χ0) is 26.5. The fourth-order valence-electron chi connectivity index (χ4n) is 4.82. The van der Waals surface area contributed by atoms with E-state index in [-0.39, 0.29) is 28.7 Å². The first-order valence-corrected chi connectivity index (χ1v) is 14.4. The van der Waals surface area contributed by atoms with Crippen LogP contribution in [0.2, 0.25) is 0 Å². The highest BCUT2D eigenvalue weighted by molar-refractivity contribution is 7.91. The molecule has 13 heteroatoms. The Kier molecular flexibility index (Phi) is 8.17. The summed E-state index contributed by atoms with van der Waals surface area (Å²) >= 11 is 0. The number of likely N-dealkylation sites (tertiary alicyclic amines) is 1. The predicted octanol–water partition coefficient (Wildman–Crippen LogP) is 1.74. The number of hydrogen-bond donors (Lipinski definition) is 4. The van der Waals surface area contributed by atoms with Crippen molar-refractivity contribution in [3.05, 3.63) is 41.0 Å². The van der Waals surface area contributed by atoms with Gasteiger partial charge in [-0.3, -0.25) is 10.2 Å². The summed E-state index contributed by atoms with van der Waals surface area (Å²) in [5.74, 6) is 0.408. The lowest BCUT2D eigenvalue weighted by Crippen LogP contribution is -2.42. The van der Waals surface area contributed by atoms with Crippen LogP contribution in [0, 0.1) is 0 Å². The van der Waals surface area contributed by atoms with Gasteiger partial charge < -0.3 is 29.2 Å². The quantitative estimate of drug-likeness (QED) is 0.363. The first-order valence-electron chi connectivity index (χ1n) is 13.0. The number of urea groups is 1. The van der Waals surface area contributed by atoms with Crippen molar-refractivity contribution in [2.24, 2.45) is 0 Å². The number of anilines is 1. The maximum atomic E-state index is 12.9. The number of piperidine rings is 1. The molecule has 0 unspecified atom stereocenters. The number of ether oxygens (including phenoxy) is 1. The van der Waals surface area contributed by atoms with Crippen molar-refractivity contribution >= 4 is 33.1 Å². The Labute approximate surface area is 221 Å². The highest BCUT2D eigenvalue weighted by atomic mass is 32.2. The molecule has 2 fully saturated rings. The average Bonchev–Trinajstić information content (AvgIpc) is 3.31. The minimum Gasteiger partial charge on any atom is -0.393 e. The number of rotatable bonds is 8. The van der Waals surface area contributed by atoms with Gasteiger partial charge in [-0.1, -0.05) is 0 Å². The molecule has 0 radical (unpaired) electrons. The molecule has 0 atom stereocenters.